The number of hydrogen-bond acceptors (Lipinski definition) is 2. The minimum Gasteiger partial charge on any atom is -0.384 e. The smallest absolute Gasteiger partial charge is 0.0379 e. The minimum atomic E-state index is 0.661. The molecule has 0 spiro atoms. The van der Waals surface area contributed by atoms with Crippen LogP contribution in [0.5, 0.6) is 0 Å². The molecule has 2 rings (SSSR count). The fourth-order valence-electron chi connectivity index (χ4n) is 2.02. The van der Waals surface area contributed by atoms with Crippen LogP contribution in [0.2, 0.25) is 0 Å². The molecule has 0 fully saturated rings. The van der Waals surface area contributed by atoms with Crippen LogP contribution in [0, 0.1) is 0 Å². The highest BCUT2D eigenvalue weighted by atomic mass is 14.9. The molecule has 1 aliphatic heterocycles. The van der Waals surface area contributed by atoms with Gasteiger partial charge in [-0.1, -0.05) is 19.1 Å². The third-order valence-corrected chi connectivity index (χ3v) is 2.92. The Balaban J connectivity index is 2.15. The average molecular weight is 190 g/mol. The predicted molar refractivity (Wildman–Crippen MR) is 60.7 cm³/mol. The van der Waals surface area contributed by atoms with Crippen molar-refractivity contribution < 1.29 is 0 Å². The molecule has 14 heavy (non-hydrogen) atoms. The first-order chi connectivity index (χ1) is 6.81. The van der Waals surface area contributed by atoms with Gasteiger partial charge < -0.3 is 11.1 Å². The monoisotopic (exact) mass is 190 g/mol. The SMILES string of the molecule is CC1CNc2cc(CCCN)ccc21. The fourth-order valence-corrected chi connectivity index (χ4v) is 2.02. The average Bonchev–Trinajstić information content (AvgIpc) is 2.57. The Labute approximate surface area is 85.5 Å². The van der Waals surface area contributed by atoms with Crippen molar-refractivity contribution in [3.63, 3.8) is 0 Å². The number of nitrogens with two attached hydrogens (primary N) is 1. The number of rotatable bonds is 3. The van der Waals surface area contributed by atoms with Crippen molar-refractivity contribution in [2.45, 2.75) is 25.7 Å². The van der Waals surface area contributed by atoms with Gasteiger partial charge in [-0.3, -0.25) is 0 Å². The summed E-state index contributed by atoms with van der Waals surface area (Å²) in [6.07, 6.45) is 2.17. The molecule has 76 valence electrons. The Bertz CT molecular complexity index is 320. The standard InChI is InChI=1S/C12H18N2/c1-9-8-14-12-7-10(3-2-6-13)4-5-11(9)12/h4-5,7,9,14H,2-3,6,8,13H2,1H3. The molecule has 0 bridgehead atoms. The zero-order valence-electron chi connectivity index (χ0n) is 8.72. The molecule has 0 radical (unpaired) electrons. The van der Waals surface area contributed by atoms with Gasteiger partial charge in [0.25, 0.3) is 0 Å². The maximum Gasteiger partial charge on any atom is 0.0379 e. The van der Waals surface area contributed by atoms with E-state index in [0.717, 1.165) is 25.9 Å². The van der Waals surface area contributed by atoms with Crippen molar-refractivity contribution in [3.05, 3.63) is 29.3 Å². The van der Waals surface area contributed by atoms with Crippen LogP contribution >= 0.6 is 0 Å². The van der Waals surface area contributed by atoms with Gasteiger partial charge in [0.2, 0.25) is 0 Å². The summed E-state index contributed by atoms with van der Waals surface area (Å²) >= 11 is 0. The molecule has 0 saturated heterocycles. The summed E-state index contributed by atoms with van der Waals surface area (Å²) in [7, 11) is 0. The molecule has 0 aromatic heterocycles. The molecule has 2 nitrogen and oxygen atoms in total. The molecular formula is C12H18N2. The van der Waals surface area contributed by atoms with E-state index in [1.54, 1.807) is 0 Å². The van der Waals surface area contributed by atoms with Crippen molar-refractivity contribution in [2.75, 3.05) is 18.4 Å². The largest absolute Gasteiger partial charge is 0.384 e. The zero-order valence-corrected chi connectivity index (χ0v) is 8.72. The molecule has 1 heterocycles. The van der Waals surface area contributed by atoms with Crippen molar-refractivity contribution in [3.8, 4) is 0 Å². The van der Waals surface area contributed by atoms with Gasteiger partial charge >= 0.3 is 0 Å². The van der Waals surface area contributed by atoms with Gasteiger partial charge in [0.05, 0.1) is 0 Å². The Morgan fingerprint density at radius 1 is 1.50 bits per heavy atom. The molecule has 1 aliphatic rings. The number of aryl methyl sites for hydroxylation is 1. The van der Waals surface area contributed by atoms with E-state index in [2.05, 4.69) is 30.4 Å². The summed E-state index contributed by atoms with van der Waals surface area (Å²) in [5.74, 6) is 0.661. The van der Waals surface area contributed by atoms with E-state index in [0.29, 0.717) is 5.92 Å². The van der Waals surface area contributed by atoms with E-state index in [1.807, 2.05) is 0 Å². The molecule has 1 unspecified atom stereocenters. The summed E-state index contributed by atoms with van der Waals surface area (Å²) in [5.41, 5.74) is 9.68. The lowest BCUT2D eigenvalue weighted by atomic mass is 10.0. The molecule has 3 N–H and O–H groups in total. The zero-order chi connectivity index (χ0) is 9.97. The van der Waals surface area contributed by atoms with E-state index in [-0.39, 0.29) is 0 Å². The van der Waals surface area contributed by atoms with Gasteiger partial charge in [0, 0.05) is 18.2 Å². The summed E-state index contributed by atoms with van der Waals surface area (Å²) in [6.45, 7) is 4.12. The van der Waals surface area contributed by atoms with Gasteiger partial charge in [-0.15, -0.1) is 0 Å². The van der Waals surface area contributed by atoms with Crippen molar-refractivity contribution in [1.82, 2.24) is 0 Å². The van der Waals surface area contributed by atoms with Crippen LogP contribution in [0.25, 0.3) is 0 Å². The number of nitrogens with one attached hydrogen (secondary N) is 1. The van der Waals surface area contributed by atoms with Gasteiger partial charge in [-0.2, -0.15) is 0 Å². The lowest BCUT2D eigenvalue weighted by molar-refractivity contribution is 0.831. The summed E-state index contributed by atoms with van der Waals surface area (Å²) < 4.78 is 0. The number of anilines is 1. The summed E-state index contributed by atoms with van der Waals surface area (Å²) in [4.78, 5) is 0. The third-order valence-electron chi connectivity index (χ3n) is 2.92. The highest BCUT2D eigenvalue weighted by molar-refractivity contribution is 5.59. The van der Waals surface area contributed by atoms with Crippen molar-refractivity contribution in [1.29, 1.82) is 0 Å². The molecule has 2 heteroatoms. The van der Waals surface area contributed by atoms with E-state index in [9.17, 15) is 0 Å². The topological polar surface area (TPSA) is 38.0 Å². The second-order valence-corrected chi connectivity index (χ2v) is 4.10. The Hall–Kier alpha value is -1.02. The van der Waals surface area contributed by atoms with Crippen LogP contribution in [0.15, 0.2) is 18.2 Å². The quantitative estimate of drug-likeness (QED) is 0.766. The molecule has 0 aliphatic carbocycles. The van der Waals surface area contributed by atoms with Crippen LogP contribution in [0.1, 0.15) is 30.4 Å². The van der Waals surface area contributed by atoms with Gasteiger partial charge in [-0.25, -0.2) is 0 Å². The normalized spacial score (nSPS) is 19.1. The van der Waals surface area contributed by atoms with Crippen LogP contribution < -0.4 is 11.1 Å². The third kappa shape index (κ3) is 1.75. The highest BCUT2D eigenvalue weighted by Gasteiger charge is 2.17. The van der Waals surface area contributed by atoms with Gasteiger partial charge in [0.1, 0.15) is 0 Å². The fraction of sp³-hybridized carbons (Fsp3) is 0.500. The van der Waals surface area contributed by atoms with Crippen molar-refractivity contribution in [2.24, 2.45) is 5.73 Å². The Morgan fingerprint density at radius 3 is 3.14 bits per heavy atom. The van der Waals surface area contributed by atoms with E-state index >= 15 is 0 Å². The molecule has 1 aromatic rings. The Morgan fingerprint density at radius 2 is 2.36 bits per heavy atom. The first-order valence-electron chi connectivity index (χ1n) is 5.38. The molecular weight excluding hydrogens is 172 g/mol. The van der Waals surface area contributed by atoms with E-state index in [4.69, 9.17) is 5.73 Å². The highest BCUT2D eigenvalue weighted by Crippen LogP contribution is 2.31. The lowest BCUT2D eigenvalue weighted by Gasteiger charge is -2.05. The van der Waals surface area contributed by atoms with E-state index < -0.39 is 0 Å². The van der Waals surface area contributed by atoms with E-state index in [1.165, 1.54) is 16.8 Å². The van der Waals surface area contributed by atoms with Crippen LogP contribution in [0.4, 0.5) is 5.69 Å². The number of benzene rings is 1. The molecule has 0 amide bonds. The number of hydrogen-bond donors (Lipinski definition) is 2. The molecule has 1 aromatic carbocycles. The van der Waals surface area contributed by atoms with Gasteiger partial charge in [-0.05, 0) is 36.6 Å². The lowest BCUT2D eigenvalue weighted by Crippen LogP contribution is -2.00. The van der Waals surface area contributed by atoms with Crippen molar-refractivity contribution >= 4 is 5.69 Å². The first kappa shape index (κ1) is 9.53. The minimum absolute atomic E-state index is 0.661. The van der Waals surface area contributed by atoms with Crippen LogP contribution in [0.3, 0.4) is 0 Å². The first-order valence-corrected chi connectivity index (χ1v) is 5.38. The predicted octanol–water partition coefficient (Wildman–Crippen LogP) is 2.11. The summed E-state index contributed by atoms with van der Waals surface area (Å²) in [5, 5.41) is 3.44. The maximum absolute atomic E-state index is 5.50. The van der Waals surface area contributed by atoms with Crippen LogP contribution in [-0.2, 0) is 6.42 Å². The van der Waals surface area contributed by atoms with Gasteiger partial charge in [0.15, 0.2) is 0 Å². The Kier molecular flexibility index (Phi) is 2.73. The second-order valence-electron chi connectivity index (χ2n) is 4.10. The van der Waals surface area contributed by atoms with Crippen LogP contribution in [-0.4, -0.2) is 13.1 Å². The maximum atomic E-state index is 5.50. The number of fused-ring (bicyclic) bond motifs is 1. The summed E-state index contributed by atoms with van der Waals surface area (Å²) in [6, 6.07) is 6.76. The second kappa shape index (κ2) is 4.01. The molecule has 1 atom stereocenters. The molecule has 0 saturated carbocycles.